The van der Waals surface area contributed by atoms with E-state index in [9.17, 15) is 13.2 Å². The number of carbonyl (C=O) groups excluding carboxylic acids is 1. The van der Waals surface area contributed by atoms with Gasteiger partial charge in [-0.25, -0.2) is 13.2 Å². The Kier molecular flexibility index (Phi) is 6.64. The van der Waals surface area contributed by atoms with Crippen LogP contribution in [0.2, 0.25) is 0 Å². The van der Waals surface area contributed by atoms with E-state index in [1.54, 1.807) is 30.3 Å². The Hall–Kier alpha value is -3.16. The van der Waals surface area contributed by atoms with Crippen molar-refractivity contribution in [2.24, 2.45) is 0 Å². The fourth-order valence-electron chi connectivity index (χ4n) is 2.81. The van der Waals surface area contributed by atoms with E-state index in [2.05, 4.69) is 4.74 Å². The second-order valence-electron chi connectivity index (χ2n) is 6.23. The maximum Gasteiger partial charge on any atom is 0.330 e. The molecular weight excluding hydrogens is 390 g/mol. The van der Waals surface area contributed by atoms with Crippen LogP contribution < -0.4 is 0 Å². The zero-order valence-corrected chi connectivity index (χ0v) is 16.7. The van der Waals surface area contributed by atoms with Gasteiger partial charge in [-0.15, -0.1) is 0 Å². The molecule has 0 bridgehead atoms. The summed E-state index contributed by atoms with van der Waals surface area (Å²) in [6, 6.07) is 19.3. The molecule has 0 amide bonds. The SMILES string of the molecule is COC(=O)C=Cc1ccccc1S(=O)(=O)N(Cc1ccccc1)Cc1ccco1. The summed E-state index contributed by atoms with van der Waals surface area (Å²) in [5.74, 6) is -0.0268. The number of benzene rings is 2. The second-order valence-corrected chi connectivity index (χ2v) is 8.14. The average Bonchev–Trinajstić information content (AvgIpc) is 3.25. The van der Waals surface area contributed by atoms with E-state index in [1.807, 2.05) is 30.3 Å². The molecule has 3 aromatic rings. The summed E-state index contributed by atoms with van der Waals surface area (Å²) in [5, 5.41) is 0. The van der Waals surface area contributed by atoms with Crippen LogP contribution in [0.15, 0.2) is 88.4 Å². The highest BCUT2D eigenvalue weighted by Gasteiger charge is 2.27. The molecule has 0 aliphatic heterocycles. The number of carbonyl (C=O) groups is 1. The molecule has 3 rings (SSSR count). The number of methoxy groups -OCH3 is 1. The Balaban J connectivity index is 2.00. The zero-order chi connectivity index (χ0) is 20.7. The van der Waals surface area contributed by atoms with Crippen molar-refractivity contribution in [2.45, 2.75) is 18.0 Å². The molecule has 0 radical (unpaired) electrons. The first-order valence-corrected chi connectivity index (χ1v) is 10.4. The topological polar surface area (TPSA) is 76.8 Å². The molecule has 0 saturated carbocycles. The summed E-state index contributed by atoms with van der Waals surface area (Å²) in [4.78, 5) is 11.6. The Morgan fingerprint density at radius 3 is 2.41 bits per heavy atom. The van der Waals surface area contributed by atoms with Gasteiger partial charge >= 0.3 is 5.97 Å². The highest BCUT2D eigenvalue weighted by molar-refractivity contribution is 7.89. The Bertz CT molecular complexity index is 1070. The van der Waals surface area contributed by atoms with Crippen LogP contribution in [0.4, 0.5) is 0 Å². The third-order valence-corrected chi connectivity index (χ3v) is 6.12. The van der Waals surface area contributed by atoms with E-state index in [0.717, 1.165) is 5.56 Å². The summed E-state index contributed by atoms with van der Waals surface area (Å²) in [5.41, 5.74) is 1.25. The van der Waals surface area contributed by atoms with Crippen LogP contribution in [-0.2, 0) is 32.6 Å². The van der Waals surface area contributed by atoms with E-state index in [0.29, 0.717) is 11.3 Å². The van der Waals surface area contributed by atoms with Crippen LogP contribution >= 0.6 is 0 Å². The van der Waals surface area contributed by atoms with Gasteiger partial charge in [0.2, 0.25) is 10.0 Å². The van der Waals surface area contributed by atoms with Crippen LogP contribution in [0.1, 0.15) is 16.9 Å². The van der Waals surface area contributed by atoms with Crippen molar-refractivity contribution >= 4 is 22.1 Å². The van der Waals surface area contributed by atoms with Gasteiger partial charge in [-0.2, -0.15) is 4.31 Å². The van der Waals surface area contributed by atoms with Crippen molar-refractivity contribution in [3.05, 3.63) is 96.0 Å². The number of hydrogen-bond acceptors (Lipinski definition) is 5. The summed E-state index contributed by atoms with van der Waals surface area (Å²) in [7, 11) is -2.63. The molecule has 0 unspecified atom stereocenters. The van der Waals surface area contributed by atoms with Crippen LogP contribution in [0.5, 0.6) is 0 Å². The number of nitrogens with zero attached hydrogens (tertiary/aromatic N) is 1. The number of ether oxygens (including phenoxy) is 1. The molecule has 0 aliphatic rings. The Morgan fingerprint density at radius 1 is 1.00 bits per heavy atom. The fraction of sp³-hybridized carbons (Fsp3) is 0.136. The minimum absolute atomic E-state index is 0.0826. The van der Waals surface area contributed by atoms with Crippen LogP contribution in [0, 0.1) is 0 Å². The highest BCUT2D eigenvalue weighted by atomic mass is 32.2. The molecule has 0 saturated heterocycles. The Morgan fingerprint density at radius 2 is 1.72 bits per heavy atom. The lowest BCUT2D eigenvalue weighted by atomic mass is 10.2. The standard InChI is InChI=1S/C22H21NO5S/c1-27-22(24)14-13-19-10-5-6-12-21(19)29(25,26)23(17-20-11-7-15-28-20)16-18-8-3-2-4-9-18/h2-15H,16-17H2,1H3. The largest absolute Gasteiger partial charge is 0.468 e. The van der Waals surface area contributed by atoms with E-state index < -0.39 is 16.0 Å². The van der Waals surface area contributed by atoms with Gasteiger partial charge in [-0.1, -0.05) is 48.5 Å². The van der Waals surface area contributed by atoms with Gasteiger partial charge in [0, 0.05) is 12.6 Å². The first-order valence-electron chi connectivity index (χ1n) is 8.92. The first-order chi connectivity index (χ1) is 14.0. The summed E-state index contributed by atoms with van der Waals surface area (Å²) >= 11 is 0. The maximum atomic E-state index is 13.5. The number of hydrogen-bond donors (Lipinski definition) is 0. The van der Waals surface area contributed by atoms with Crippen molar-refractivity contribution in [2.75, 3.05) is 7.11 Å². The third kappa shape index (κ3) is 5.22. The molecular formula is C22H21NO5S. The van der Waals surface area contributed by atoms with Crippen LogP contribution in [0.3, 0.4) is 0 Å². The smallest absolute Gasteiger partial charge is 0.330 e. The van der Waals surface area contributed by atoms with Crippen molar-refractivity contribution in [1.29, 1.82) is 0 Å². The normalized spacial score (nSPS) is 11.8. The molecule has 6 nitrogen and oxygen atoms in total. The molecule has 150 valence electrons. The molecule has 0 aliphatic carbocycles. The molecule has 1 heterocycles. The van der Waals surface area contributed by atoms with E-state index >= 15 is 0 Å². The van der Waals surface area contributed by atoms with Gasteiger partial charge in [0.25, 0.3) is 0 Å². The van der Waals surface area contributed by atoms with Gasteiger partial charge in [0.05, 0.1) is 24.8 Å². The second kappa shape index (κ2) is 9.36. The number of esters is 1. The van der Waals surface area contributed by atoms with Crippen molar-refractivity contribution in [1.82, 2.24) is 4.31 Å². The monoisotopic (exact) mass is 411 g/mol. The van der Waals surface area contributed by atoms with E-state index in [1.165, 1.54) is 35.9 Å². The molecule has 2 aromatic carbocycles. The molecule has 0 atom stereocenters. The molecule has 7 heteroatoms. The lowest BCUT2D eigenvalue weighted by molar-refractivity contribution is -0.134. The summed E-state index contributed by atoms with van der Waals surface area (Å²) in [6.07, 6.45) is 4.14. The number of furan rings is 1. The lowest BCUT2D eigenvalue weighted by Crippen LogP contribution is -2.30. The minimum Gasteiger partial charge on any atom is -0.468 e. The summed E-state index contributed by atoms with van der Waals surface area (Å²) < 4.78 is 38.4. The van der Waals surface area contributed by atoms with Gasteiger partial charge < -0.3 is 9.15 Å². The minimum atomic E-state index is -3.89. The number of rotatable bonds is 8. The average molecular weight is 411 g/mol. The van der Waals surface area contributed by atoms with Gasteiger partial charge in [0.1, 0.15) is 5.76 Å². The van der Waals surface area contributed by atoms with E-state index in [4.69, 9.17) is 4.42 Å². The van der Waals surface area contributed by atoms with Crippen LogP contribution in [0.25, 0.3) is 6.08 Å². The van der Waals surface area contributed by atoms with E-state index in [-0.39, 0.29) is 18.0 Å². The number of sulfonamides is 1. The van der Waals surface area contributed by atoms with Crippen molar-refractivity contribution < 1.29 is 22.4 Å². The highest BCUT2D eigenvalue weighted by Crippen LogP contribution is 2.25. The van der Waals surface area contributed by atoms with Crippen LogP contribution in [-0.4, -0.2) is 25.8 Å². The third-order valence-electron chi connectivity index (χ3n) is 4.25. The zero-order valence-electron chi connectivity index (χ0n) is 15.9. The molecule has 0 spiro atoms. The Labute approximate surface area is 170 Å². The first kappa shape index (κ1) is 20.6. The maximum absolute atomic E-state index is 13.5. The molecule has 1 aromatic heterocycles. The quantitative estimate of drug-likeness (QED) is 0.416. The summed E-state index contributed by atoms with van der Waals surface area (Å²) in [6.45, 7) is 0.262. The molecule has 29 heavy (non-hydrogen) atoms. The van der Waals surface area contributed by atoms with Gasteiger partial charge in [-0.3, -0.25) is 0 Å². The van der Waals surface area contributed by atoms with Gasteiger partial charge in [-0.05, 0) is 35.4 Å². The van der Waals surface area contributed by atoms with Gasteiger partial charge in [0.15, 0.2) is 0 Å². The predicted molar refractivity (Wildman–Crippen MR) is 109 cm³/mol. The predicted octanol–water partition coefficient (Wildman–Crippen LogP) is 3.86. The van der Waals surface area contributed by atoms with Crippen molar-refractivity contribution in [3.63, 3.8) is 0 Å². The molecule has 0 N–H and O–H groups in total. The van der Waals surface area contributed by atoms with Crippen molar-refractivity contribution in [3.8, 4) is 0 Å². The molecule has 0 fully saturated rings. The fourth-order valence-corrected chi connectivity index (χ4v) is 4.39. The lowest BCUT2D eigenvalue weighted by Gasteiger charge is -2.22.